The van der Waals surface area contributed by atoms with Crippen LogP contribution in [-0.4, -0.2) is 6.54 Å². The topological polar surface area (TPSA) is 26.0 Å². The molecule has 0 aliphatic heterocycles. The molecule has 0 radical (unpaired) electrons. The Morgan fingerprint density at radius 1 is 1.46 bits per heavy atom. The van der Waals surface area contributed by atoms with E-state index >= 15 is 0 Å². The van der Waals surface area contributed by atoms with Gasteiger partial charge in [0, 0.05) is 12.0 Å². The fourth-order valence-electron chi connectivity index (χ4n) is 2.41. The van der Waals surface area contributed by atoms with Gasteiger partial charge in [-0.2, -0.15) is 0 Å². The van der Waals surface area contributed by atoms with E-state index < -0.39 is 0 Å². The minimum absolute atomic E-state index is 0.290. The van der Waals surface area contributed by atoms with Gasteiger partial charge in [0.25, 0.3) is 0 Å². The van der Waals surface area contributed by atoms with Gasteiger partial charge in [-0.25, -0.2) is 0 Å². The summed E-state index contributed by atoms with van der Waals surface area (Å²) in [5, 5.41) is 0. The minimum atomic E-state index is 0.290. The third-order valence-electron chi connectivity index (χ3n) is 3.71. The smallest absolute Gasteiger partial charge is 0.00142 e. The van der Waals surface area contributed by atoms with Crippen molar-refractivity contribution in [3.05, 3.63) is 11.1 Å². The monoisotopic (exact) mass is 181 g/mol. The number of hydrogen-bond acceptors (Lipinski definition) is 1. The third kappa shape index (κ3) is 1.96. The van der Waals surface area contributed by atoms with E-state index in [2.05, 4.69) is 27.7 Å². The lowest BCUT2D eigenvalue weighted by atomic mass is 9.70. The maximum atomic E-state index is 5.86. The van der Waals surface area contributed by atoms with E-state index in [9.17, 15) is 0 Å². The summed E-state index contributed by atoms with van der Waals surface area (Å²) in [7, 11) is 0. The Hall–Kier alpha value is -0.300. The van der Waals surface area contributed by atoms with Crippen molar-refractivity contribution in [2.75, 3.05) is 6.54 Å². The predicted molar refractivity (Wildman–Crippen MR) is 58.6 cm³/mol. The molecule has 0 saturated carbocycles. The molecule has 0 aromatic heterocycles. The molecular weight excluding hydrogens is 158 g/mol. The van der Waals surface area contributed by atoms with Gasteiger partial charge in [-0.15, -0.1) is 0 Å². The average Bonchev–Trinajstić information content (AvgIpc) is 2.09. The summed E-state index contributed by atoms with van der Waals surface area (Å²) in [4.78, 5) is 0. The summed E-state index contributed by atoms with van der Waals surface area (Å²) in [6.07, 6.45) is 3.88. The normalized spacial score (nSPS) is 30.0. The Morgan fingerprint density at radius 3 is 2.54 bits per heavy atom. The van der Waals surface area contributed by atoms with E-state index in [-0.39, 0.29) is 5.41 Å². The molecule has 0 aromatic carbocycles. The molecule has 0 spiro atoms. The lowest BCUT2D eigenvalue weighted by Crippen LogP contribution is -2.32. The fourth-order valence-corrected chi connectivity index (χ4v) is 2.41. The van der Waals surface area contributed by atoms with Gasteiger partial charge in [0.2, 0.25) is 0 Å². The van der Waals surface area contributed by atoms with Crippen molar-refractivity contribution >= 4 is 0 Å². The van der Waals surface area contributed by atoms with Gasteiger partial charge in [0.1, 0.15) is 0 Å². The number of nitrogens with two attached hydrogens (primary N) is 1. The largest absolute Gasteiger partial charge is 0.330 e. The molecule has 1 nitrogen and oxygen atoms in total. The first-order chi connectivity index (χ1) is 6.01. The van der Waals surface area contributed by atoms with Gasteiger partial charge in [-0.1, -0.05) is 31.9 Å². The Kier molecular flexibility index (Phi) is 3.18. The standard InChI is InChI=1S/C12H23N/c1-9(2)11-6-5-7-12(4,8-13)10(11)3/h9H,5-8,13H2,1-4H3. The second kappa shape index (κ2) is 3.83. The van der Waals surface area contributed by atoms with Crippen LogP contribution in [0.1, 0.15) is 47.0 Å². The molecule has 0 saturated heterocycles. The first kappa shape index (κ1) is 10.8. The van der Waals surface area contributed by atoms with Gasteiger partial charge in [-0.05, 0) is 32.1 Å². The van der Waals surface area contributed by atoms with Crippen LogP contribution in [0.5, 0.6) is 0 Å². The van der Waals surface area contributed by atoms with E-state index in [4.69, 9.17) is 5.73 Å². The summed E-state index contributed by atoms with van der Waals surface area (Å²) in [5.41, 5.74) is 9.36. The van der Waals surface area contributed by atoms with E-state index in [1.54, 1.807) is 11.1 Å². The molecule has 13 heavy (non-hydrogen) atoms. The molecule has 76 valence electrons. The highest BCUT2D eigenvalue weighted by Gasteiger charge is 2.30. The Balaban J connectivity index is 2.98. The highest BCUT2D eigenvalue weighted by atomic mass is 14.6. The van der Waals surface area contributed by atoms with Crippen LogP contribution < -0.4 is 5.73 Å². The Morgan fingerprint density at radius 2 is 2.08 bits per heavy atom. The summed E-state index contributed by atoms with van der Waals surface area (Å²) >= 11 is 0. The molecule has 0 heterocycles. The van der Waals surface area contributed by atoms with Crippen molar-refractivity contribution in [2.45, 2.75) is 47.0 Å². The van der Waals surface area contributed by atoms with Crippen molar-refractivity contribution in [3.8, 4) is 0 Å². The van der Waals surface area contributed by atoms with Crippen molar-refractivity contribution in [1.29, 1.82) is 0 Å². The molecule has 1 rings (SSSR count). The molecule has 0 aromatic rings. The maximum Gasteiger partial charge on any atom is 0.00142 e. The van der Waals surface area contributed by atoms with E-state index in [1.165, 1.54) is 19.3 Å². The molecular formula is C12H23N. The highest BCUT2D eigenvalue weighted by Crippen LogP contribution is 2.41. The van der Waals surface area contributed by atoms with Gasteiger partial charge < -0.3 is 5.73 Å². The van der Waals surface area contributed by atoms with Crippen LogP contribution in [0.4, 0.5) is 0 Å². The predicted octanol–water partition coefficient (Wildman–Crippen LogP) is 3.11. The fraction of sp³-hybridized carbons (Fsp3) is 0.833. The molecule has 1 heteroatoms. The van der Waals surface area contributed by atoms with Crippen LogP contribution in [0.25, 0.3) is 0 Å². The lowest BCUT2D eigenvalue weighted by molar-refractivity contribution is 0.332. The zero-order chi connectivity index (χ0) is 10.1. The lowest BCUT2D eigenvalue weighted by Gasteiger charge is -2.37. The van der Waals surface area contributed by atoms with Crippen molar-refractivity contribution < 1.29 is 0 Å². The van der Waals surface area contributed by atoms with Crippen molar-refractivity contribution in [2.24, 2.45) is 17.1 Å². The van der Waals surface area contributed by atoms with Crippen LogP contribution in [0.3, 0.4) is 0 Å². The number of rotatable bonds is 2. The molecule has 0 amide bonds. The van der Waals surface area contributed by atoms with Crippen LogP contribution >= 0.6 is 0 Å². The first-order valence-electron chi connectivity index (χ1n) is 5.41. The molecule has 1 aliphatic carbocycles. The zero-order valence-corrected chi connectivity index (χ0v) is 9.48. The van der Waals surface area contributed by atoms with Crippen molar-refractivity contribution in [1.82, 2.24) is 0 Å². The first-order valence-corrected chi connectivity index (χ1v) is 5.41. The van der Waals surface area contributed by atoms with Crippen molar-refractivity contribution in [3.63, 3.8) is 0 Å². The van der Waals surface area contributed by atoms with Gasteiger partial charge in [-0.3, -0.25) is 0 Å². The Labute approximate surface area is 82.4 Å². The maximum absolute atomic E-state index is 5.86. The minimum Gasteiger partial charge on any atom is -0.330 e. The van der Waals surface area contributed by atoms with E-state index in [1.807, 2.05) is 0 Å². The van der Waals surface area contributed by atoms with Gasteiger partial charge in [0.05, 0.1) is 0 Å². The van der Waals surface area contributed by atoms with Crippen LogP contribution in [0.15, 0.2) is 11.1 Å². The SMILES string of the molecule is CC1=C(C(C)C)CCCC1(C)CN. The van der Waals surface area contributed by atoms with Crippen LogP contribution in [0.2, 0.25) is 0 Å². The molecule has 1 aliphatic rings. The van der Waals surface area contributed by atoms with Gasteiger partial charge in [0.15, 0.2) is 0 Å². The second-order valence-corrected chi connectivity index (χ2v) is 4.92. The number of hydrogen-bond donors (Lipinski definition) is 1. The summed E-state index contributed by atoms with van der Waals surface area (Å²) < 4.78 is 0. The average molecular weight is 181 g/mol. The summed E-state index contributed by atoms with van der Waals surface area (Å²) in [6, 6.07) is 0. The van der Waals surface area contributed by atoms with E-state index in [0.29, 0.717) is 5.92 Å². The molecule has 2 N–H and O–H groups in total. The molecule has 1 unspecified atom stereocenters. The number of allylic oxidation sites excluding steroid dienone is 1. The molecule has 0 fully saturated rings. The molecule has 0 bridgehead atoms. The second-order valence-electron chi connectivity index (χ2n) is 4.92. The van der Waals surface area contributed by atoms with Crippen LogP contribution in [0, 0.1) is 11.3 Å². The van der Waals surface area contributed by atoms with Crippen LogP contribution in [-0.2, 0) is 0 Å². The van der Waals surface area contributed by atoms with E-state index in [0.717, 1.165) is 6.54 Å². The molecule has 1 atom stereocenters. The highest BCUT2D eigenvalue weighted by molar-refractivity contribution is 5.24. The summed E-state index contributed by atoms with van der Waals surface area (Å²) in [5.74, 6) is 0.700. The third-order valence-corrected chi connectivity index (χ3v) is 3.71. The van der Waals surface area contributed by atoms with Gasteiger partial charge >= 0.3 is 0 Å². The quantitative estimate of drug-likeness (QED) is 0.651. The Bertz CT molecular complexity index is 215. The zero-order valence-electron chi connectivity index (χ0n) is 9.48. The summed E-state index contributed by atoms with van der Waals surface area (Å²) in [6.45, 7) is 9.97.